The van der Waals surface area contributed by atoms with Gasteiger partial charge in [-0.3, -0.25) is 14.7 Å². The molecule has 0 radical (unpaired) electrons. The maximum Gasteiger partial charge on any atom is 0.274 e. The zero-order chi connectivity index (χ0) is 13.8. The number of hydrogen-bond donors (Lipinski definition) is 2. The molecule has 2 heterocycles. The van der Waals surface area contributed by atoms with E-state index < -0.39 is 0 Å². The van der Waals surface area contributed by atoms with E-state index >= 15 is 0 Å². The zero-order valence-corrected chi connectivity index (χ0v) is 11.3. The largest absolute Gasteiger partial charge is 0.339 e. The Morgan fingerprint density at radius 2 is 2.11 bits per heavy atom. The van der Waals surface area contributed by atoms with Crippen LogP contribution in [0.2, 0.25) is 0 Å². The number of likely N-dealkylation sites (N-methyl/N-ethyl adjacent to an activating group) is 1. The van der Waals surface area contributed by atoms with Crippen molar-refractivity contribution in [1.29, 1.82) is 0 Å². The third kappa shape index (κ3) is 3.31. The normalized spacial score (nSPS) is 15.4. The SMILES string of the molecule is Cc1cc(C(=O)N(C)CC(=O)N2CCNCC2)n[nH]1. The van der Waals surface area contributed by atoms with Gasteiger partial charge >= 0.3 is 0 Å². The summed E-state index contributed by atoms with van der Waals surface area (Å²) < 4.78 is 0. The number of H-pyrrole nitrogens is 1. The maximum atomic E-state index is 12.0. The molecule has 1 fully saturated rings. The van der Waals surface area contributed by atoms with E-state index in [1.165, 1.54) is 4.90 Å². The monoisotopic (exact) mass is 265 g/mol. The highest BCUT2D eigenvalue weighted by molar-refractivity contribution is 5.94. The van der Waals surface area contributed by atoms with Gasteiger partial charge in [-0.2, -0.15) is 5.10 Å². The minimum atomic E-state index is -0.243. The van der Waals surface area contributed by atoms with Crippen molar-refractivity contribution in [3.8, 4) is 0 Å². The molecule has 0 bridgehead atoms. The van der Waals surface area contributed by atoms with Crippen molar-refractivity contribution in [3.63, 3.8) is 0 Å². The van der Waals surface area contributed by atoms with Crippen LogP contribution in [0.15, 0.2) is 6.07 Å². The Kier molecular flexibility index (Phi) is 4.16. The molecule has 1 aromatic heterocycles. The minimum Gasteiger partial charge on any atom is -0.339 e. The van der Waals surface area contributed by atoms with Crippen molar-refractivity contribution in [2.45, 2.75) is 6.92 Å². The molecule has 19 heavy (non-hydrogen) atoms. The van der Waals surface area contributed by atoms with Gasteiger partial charge in [0.1, 0.15) is 5.69 Å². The van der Waals surface area contributed by atoms with Crippen LogP contribution in [-0.4, -0.2) is 71.6 Å². The molecule has 0 aliphatic carbocycles. The summed E-state index contributed by atoms with van der Waals surface area (Å²) in [6.07, 6.45) is 0. The molecule has 0 atom stereocenters. The average molecular weight is 265 g/mol. The molecule has 1 aromatic rings. The molecule has 0 aromatic carbocycles. The quantitative estimate of drug-likeness (QED) is 0.751. The van der Waals surface area contributed by atoms with Gasteiger partial charge in [0, 0.05) is 38.9 Å². The Hall–Kier alpha value is -1.89. The number of aryl methyl sites for hydroxylation is 1. The lowest BCUT2D eigenvalue weighted by Crippen LogP contribution is -2.49. The van der Waals surface area contributed by atoms with Crippen molar-refractivity contribution in [2.24, 2.45) is 0 Å². The van der Waals surface area contributed by atoms with E-state index in [-0.39, 0.29) is 18.4 Å². The summed E-state index contributed by atoms with van der Waals surface area (Å²) in [6, 6.07) is 1.67. The molecule has 2 amide bonds. The Morgan fingerprint density at radius 1 is 1.42 bits per heavy atom. The first-order valence-electron chi connectivity index (χ1n) is 6.34. The Morgan fingerprint density at radius 3 is 2.68 bits per heavy atom. The van der Waals surface area contributed by atoms with Crippen molar-refractivity contribution in [1.82, 2.24) is 25.3 Å². The smallest absolute Gasteiger partial charge is 0.274 e. The Balaban J connectivity index is 1.91. The number of nitrogens with one attached hydrogen (secondary N) is 2. The first-order valence-corrected chi connectivity index (χ1v) is 6.34. The fourth-order valence-corrected chi connectivity index (χ4v) is 2.01. The van der Waals surface area contributed by atoms with Crippen LogP contribution in [0.3, 0.4) is 0 Å². The summed E-state index contributed by atoms with van der Waals surface area (Å²) in [5.74, 6) is -0.266. The van der Waals surface area contributed by atoms with Gasteiger partial charge in [0.05, 0.1) is 6.54 Å². The van der Waals surface area contributed by atoms with E-state index in [0.717, 1.165) is 18.8 Å². The number of piperazine rings is 1. The highest BCUT2D eigenvalue weighted by Gasteiger charge is 2.21. The lowest BCUT2D eigenvalue weighted by atomic mass is 10.3. The number of aromatic nitrogens is 2. The molecule has 2 rings (SSSR count). The van der Waals surface area contributed by atoms with E-state index in [1.54, 1.807) is 18.0 Å². The van der Waals surface area contributed by atoms with Gasteiger partial charge in [-0.05, 0) is 13.0 Å². The van der Waals surface area contributed by atoms with Crippen LogP contribution in [0.1, 0.15) is 16.2 Å². The lowest BCUT2D eigenvalue weighted by Gasteiger charge is -2.29. The number of nitrogens with zero attached hydrogens (tertiary/aromatic N) is 3. The molecule has 104 valence electrons. The van der Waals surface area contributed by atoms with E-state index in [4.69, 9.17) is 0 Å². The van der Waals surface area contributed by atoms with Gasteiger partial charge in [0.25, 0.3) is 5.91 Å². The molecule has 7 heteroatoms. The summed E-state index contributed by atoms with van der Waals surface area (Å²) >= 11 is 0. The van der Waals surface area contributed by atoms with Gasteiger partial charge < -0.3 is 15.1 Å². The van der Waals surface area contributed by atoms with Gasteiger partial charge in [-0.15, -0.1) is 0 Å². The lowest BCUT2D eigenvalue weighted by molar-refractivity contribution is -0.132. The highest BCUT2D eigenvalue weighted by Crippen LogP contribution is 2.03. The van der Waals surface area contributed by atoms with Crippen LogP contribution in [-0.2, 0) is 4.79 Å². The van der Waals surface area contributed by atoms with Gasteiger partial charge in [-0.25, -0.2) is 0 Å². The van der Waals surface area contributed by atoms with Crippen LogP contribution in [0.25, 0.3) is 0 Å². The second kappa shape index (κ2) is 5.83. The van der Waals surface area contributed by atoms with Crippen LogP contribution >= 0.6 is 0 Å². The number of rotatable bonds is 3. The second-order valence-corrected chi connectivity index (χ2v) is 4.73. The van der Waals surface area contributed by atoms with E-state index in [9.17, 15) is 9.59 Å². The van der Waals surface area contributed by atoms with Crippen LogP contribution in [0.5, 0.6) is 0 Å². The number of amides is 2. The fourth-order valence-electron chi connectivity index (χ4n) is 2.01. The van der Waals surface area contributed by atoms with Crippen molar-refractivity contribution >= 4 is 11.8 Å². The van der Waals surface area contributed by atoms with Crippen LogP contribution in [0, 0.1) is 6.92 Å². The molecule has 0 unspecified atom stereocenters. The minimum absolute atomic E-state index is 0.0235. The van der Waals surface area contributed by atoms with E-state index in [2.05, 4.69) is 15.5 Å². The molecule has 1 saturated heterocycles. The number of carbonyl (C=O) groups is 2. The topological polar surface area (TPSA) is 81.3 Å². The summed E-state index contributed by atoms with van der Waals surface area (Å²) in [5, 5.41) is 9.81. The highest BCUT2D eigenvalue weighted by atomic mass is 16.2. The zero-order valence-electron chi connectivity index (χ0n) is 11.3. The van der Waals surface area contributed by atoms with Crippen molar-refractivity contribution in [3.05, 3.63) is 17.5 Å². The number of hydrogen-bond acceptors (Lipinski definition) is 4. The summed E-state index contributed by atoms with van der Waals surface area (Å²) in [7, 11) is 1.62. The molecule has 7 nitrogen and oxygen atoms in total. The van der Waals surface area contributed by atoms with Gasteiger partial charge in [0.2, 0.25) is 5.91 Å². The third-order valence-electron chi connectivity index (χ3n) is 3.11. The van der Waals surface area contributed by atoms with Crippen molar-refractivity contribution in [2.75, 3.05) is 39.8 Å². The Bertz CT molecular complexity index is 464. The molecule has 1 aliphatic heterocycles. The molecular weight excluding hydrogens is 246 g/mol. The fraction of sp³-hybridized carbons (Fsp3) is 0.583. The third-order valence-corrected chi connectivity index (χ3v) is 3.11. The standard InChI is InChI=1S/C12H19N5O2/c1-9-7-10(15-14-9)12(19)16(2)8-11(18)17-5-3-13-4-6-17/h7,13H,3-6,8H2,1-2H3,(H,14,15). The summed E-state index contributed by atoms with van der Waals surface area (Å²) in [4.78, 5) is 27.2. The van der Waals surface area contributed by atoms with E-state index in [0.29, 0.717) is 18.8 Å². The second-order valence-electron chi connectivity index (χ2n) is 4.73. The Labute approximate surface area is 111 Å². The molecule has 0 spiro atoms. The summed E-state index contributed by atoms with van der Waals surface area (Å²) in [5.41, 5.74) is 1.17. The van der Waals surface area contributed by atoms with Crippen molar-refractivity contribution < 1.29 is 9.59 Å². The summed E-state index contributed by atoms with van der Waals surface area (Å²) in [6.45, 7) is 4.93. The molecule has 1 aliphatic rings. The van der Waals surface area contributed by atoms with Gasteiger partial charge in [-0.1, -0.05) is 0 Å². The van der Waals surface area contributed by atoms with Crippen LogP contribution in [0.4, 0.5) is 0 Å². The number of aromatic amines is 1. The first-order chi connectivity index (χ1) is 9.08. The predicted octanol–water partition coefficient (Wildman–Crippen LogP) is -0.778. The molecule has 2 N–H and O–H groups in total. The van der Waals surface area contributed by atoms with E-state index in [1.807, 2.05) is 6.92 Å². The first kappa shape index (κ1) is 13.5. The average Bonchev–Trinajstić information content (AvgIpc) is 2.85. The maximum absolute atomic E-state index is 12.0. The van der Waals surface area contributed by atoms with Crippen LogP contribution < -0.4 is 5.32 Å². The predicted molar refractivity (Wildman–Crippen MR) is 69.7 cm³/mol. The van der Waals surface area contributed by atoms with Gasteiger partial charge in [0.15, 0.2) is 0 Å². The molecule has 0 saturated carbocycles. The molecular formula is C12H19N5O2. The number of carbonyl (C=O) groups excluding carboxylic acids is 2.